The lowest BCUT2D eigenvalue weighted by Crippen LogP contribution is -2.45. The first-order chi connectivity index (χ1) is 11.6. The molecule has 24 heavy (non-hydrogen) atoms. The van der Waals surface area contributed by atoms with E-state index in [1.807, 2.05) is 24.3 Å². The number of para-hydroxylation sites is 2. The van der Waals surface area contributed by atoms with E-state index in [1.165, 1.54) is 0 Å². The van der Waals surface area contributed by atoms with Gasteiger partial charge in [0.1, 0.15) is 6.04 Å². The largest absolute Gasteiger partial charge is 0.354 e. The van der Waals surface area contributed by atoms with Crippen molar-refractivity contribution in [3.63, 3.8) is 0 Å². The van der Waals surface area contributed by atoms with Gasteiger partial charge >= 0.3 is 5.69 Å². The van der Waals surface area contributed by atoms with E-state index in [4.69, 9.17) is 0 Å². The van der Waals surface area contributed by atoms with E-state index in [-0.39, 0.29) is 23.9 Å². The molecule has 0 spiro atoms. The molecule has 1 aliphatic rings. The minimum atomic E-state index is -0.468. The van der Waals surface area contributed by atoms with Crippen molar-refractivity contribution in [1.82, 2.24) is 19.8 Å². The molecule has 0 unspecified atom stereocenters. The van der Waals surface area contributed by atoms with Crippen LogP contribution in [0, 0.1) is 0 Å². The van der Waals surface area contributed by atoms with Crippen molar-refractivity contribution in [1.29, 1.82) is 0 Å². The molecule has 0 aliphatic carbocycles. The zero-order chi connectivity index (χ0) is 17.1. The van der Waals surface area contributed by atoms with Gasteiger partial charge in [0, 0.05) is 26.6 Å². The Balaban J connectivity index is 1.67. The summed E-state index contributed by atoms with van der Waals surface area (Å²) in [5, 5.41) is 5.58. The fourth-order valence-electron chi connectivity index (χ4n) is 3.14. The van der Waals surface area contributed by atoms with Gasteiger partial charge in [-0.3, -0.25) is 18.7 Å². The molecule has 1 saturated heterocycles. The SMILES string of the molecule is Cn1c(=O)n(CCC(=O)N[C@H]2CCCCNC2=O)c2ccccc21. The summed E-state index contributed by atoms with van der Waals surface area (Å²) in [5.74, 6) is -0.333. The van der Waals surface area contributed by atoms with Crippen LogP contribution in [0.25, 0.3) is 11.0 Å². The van der Waals surface area contributed by atoms with Crippen LogP contribution < -0.4 is 16.3 Å². The molecule has 3 rings (SSSR count). The van der Waals surface area contributed by atoms with E-state index < -0.39 is 6.04 Å². The smallest absolute Gasteiger partial charge is 0.328 e. The molecular formula is C17H22N4O3. The molecule has 1 atom stereocenters. The van der Waals surface area contributed by atoms with Crippen molar-refractivity contribution < 1.29 is 9.59 Å². The van der Waals surface area contributed by atoms with Crippen LogP contribution in [0.15, 0.2) is 29.1 Å². The van der Waals surface area contributed by atoms with E-state index in [0.29, 0.717) is 19.5 Å². The Hall–Kier alpha value is -2.57. The van der Waals surface area contributed by atoms with Crippen LogP contribution in [0.5, 0.6) is 0 Å². The van der Waals surface area contributed by atoms with Crippen LogP contribution in [0.4, 0.5) is 0 Å². The molecule has 0 saturated carbocycles. The van der Waals surface area contributed by atoms with Crippen LogP contribution in [0.3, 0.4) is 0 Å². The van der Waals surface area contributed by atoms with E-state index in [0.717, 1.165) is 23.9 Å². The van der Waals surface area contributed by atoms with E-state index in [9.17, 15) is 14.4 Å². The maximum Gasteiger partial charge on any atom is 0.328 e. The lowest BCUT2D eigenvalue weighted by atomic mass is 10.1. The second kappa shape index (κ2) is 6.90. The summed E-state index contributed by atoms with van der Waals surface area (Å²) in [6.45, 7) is 0.955. The molecule has 7 heteroatoms. The number of amides is 2. The number of imidazole rings is 1. The number of carbonyl (C=O) groups is 2. The molecule has 1 aromatic heterocycles. The number of fused-ring (bicyclic) bond motifs is 1. The van der Waals surface area contributed by atoms with Crippen molar-refractivity contribution in [3.05, 3.63) is 34.7 Å². The Kier molecular flexibility index (Phi) is 4.69. The molecule has 2 aromatic rings. The Morgan fingerprint density at radius 2 is 2.00 bits per heavy atom. The van der Waals surface area contributed by atoms with Gasteiger partial charge in [0.25, 0.3) is 0 Å². The molecule has 1 fully saturated rings. The molecule has 7 nitrogen and oxygen atoms in total. The maximum absolute atomic E-state index is 12.3. The van der Waals surface area contributed by atoms with E-state index in [2.05, 4.69) is 10.6 Å². The Morgan fingerprint density at radius 3 is 2.79 bits per heavy atom. The van der Waals surface area contributed by atoms with Gasteiger partial charge in [-0.05, 0) is 31.4 Å². The van der Waals surface area contributed by atoms with Gasteiger partial charge in [0.15, 0.2) is 0 Å². The number of carbonyl (C=O) groups excluding carboxylic acids is 2. The first-order valence-corrected chi connectivity index (χ1v) is 8.29. The molecule has 2 heterocycles. The molecule has 1 aliphatic heterocycles. The zero-order valence-corrected chi connectivity index (χ0v) is 13.7. The second-order valence-electron chi connectivity index (χ2n) is 6.14. The Labute approximate surface area is 139 Å². The highest BCUT2D eigenvalue weighted by molar-refractivity contribution is 5.87. The fraction of sp³-hybridized carbons (Fsp3) is 0.471. The van der Waals surface area contributed by atoms with Crippen molar-refractivity contribution >= 4 is 22.8 Å². The van der Waals surface area contributed by atoms with E-state index >= 15 is 0 Å². The Morgan fingerprint density at radius 1 is 1.25 bits per heavy atom. The van der Waals surface area contributed by atoms with Crippen molar-refractivity contribution in [2.24, 2.45) is 7.05 Å². The number of nitrogens with one attached hydrogen (secondary N) is 2. The Bertz CT molecular complexity index is 821. The summed E-state index contributed by atoms with van der Waals surface area (Å²) in [4.78, 5) is 36.4. The summed E-state index contributed by atoms with van der Waals surface area (Å²) in [5.41, 5.74) is 1.51. The van der Waals surface area contributed by atoms with Crippen molar-refractivity contribution in [2.45, 2.75) is 38.3 Å². The highest BCUT2D eigenvalue weighted by Gasteiger charge is 2.22. The van der Waals surface area contributed by atoms with Crippen LogP contribution >= 0.6 is 0 Å². The highest BCUT2D eigenvalue weighted by atomic mass is 16.2. The maximum atomic E-state index is 12.3. The van der Waals surface area contributed by atoms with Gasteiger partial charge in [-0.15, -0.1) is 0 Å². The molecule has 0 bridgehead atoms. The van der Waals surface area contributed by atoms with Crippen LogP contribution in [-0.4, -0.2) is 33.5 Å². The third kappa shape index (κ3) is 3.20. The summed E-state index contributed by atoms with van der Waals surface area (Å²) >= 11 is 0. The first kappa shape index (κ1) is 16.3. The van der Waals surface area contributed by atoms with Crippen molar-refractivity contribution in [2.75, 3.05) is 6.54 Å². The summed E-state index contributed by atoms with van der Waals surface area (Å²) in [6, 6.07) is 7.03. The minimum absolute atomic E-state index is 0.122. The van der Waals surface area contributed by atoms with Crippen molar-refractivity contribution in [3.8, 4) is 0 Å². The van der Waals surface area contributed by atoms with Gasteiger partial charge in [-0.25, -0.2) is 4.79 Å². The predicted octanol–water partition coefficient (Wildman–Crippen LogP) is 0.515. The monoisotopic (exact) mass is 330 g/mol. The average molecular weight is 330 g/mol. The summed E-state index contributed by atoms with van der Waals surface area (Å²) in [7, 11) is 1.72. The van der Waals surface area contributed by atoms with Crippen LogP contribution in [-0.2, 0) is 23.2 Å². The third-order valence-corrected chi connectivity index (χ3v) is 4.48. The number of aromatic nitrogens is 2. The lowest BCUT2D eigenvalue weighted by molar-refractivity contribution is -0.128. The summed E-state index contributed by atoms with van der Waals surface area (Å²) in [6.07, 6.45) is 2.67. The summed E-state index contributed by atoms with van der Waals surface area (Å²) < 4.78 is 3.17. The topological polar surface area (TPSA) is 85.1 Å². The first-order valence-electron chi connectivity index (χ1n) is 8.29. The second-order valence-corrected chi connectivity index (χ2v) is 6.14. The molecule has 1 aromatic carbocycles. The van der Waals surface area contributed by atoms with Crippen LogP contribution in [0.2, 0.25) is 0 Å². The molecule has 128 valence electrons. The van der Waals surface area contributed by atoms with Crippen LogP contribution in [0.1, 0.15) is 25.7 Å². The normalized spacial score (nSPS) is 18.2. The number of nitrogens with zero attached hydrogens (tertiary/aromatic N) is 2. The average Bonchev–Trinajstić information content (AvgIpc) is 2.71. The lowest BCUT2D eigenvalue weighted by Gasteiger charge is -2.15. The van der Waals surface area contributed by atoms with Gasteiger partial charge in [-0.1, -0.05) is 12.1 Å². The third-order valence-electron chi connectivity index (χ3n) is 4.48. The molecule has 2 N–H and O–H groups in total. The number of rotatable bonds is 4. The van der Waals surface area contributed by atoms with E-state index in [1.54, 1.807) is 16.2 Å². The quantitative estimate of drug-likeness (QED) is 0.857. The van der Waals surface area contributed by atoms with Gasteiger partial charge < -0.3 is 10.6 Å². The highest BCUT2D eigenvalue weighted by Crippen LogP contribution is 2.12. The minimum Gasteiger partial charge on any atom is -0.354 e. The molecule has 2 amide bonds. The van der Waals surface area contributed by atoms with Gasteiger partial charge in [0.05, 0.1) is 11.0 Å². The van der Waals surface area contributed by atoms with Gasteiger partial charge in [0.2, 0.25) is 11.8 Å². The standard InChI is InChI=1S/C17H22N4O3/c1-20-13-7-2-3-8-14(13)21(17(20)24)11-9-15(22)19-12-6-4-5-10-18-16(12)23/h2-3,7-8,12H,4-6,9-11H2,1H3,(H,18,23)(H,19,22)/t12-/m0/s1. The number of aryl methyl sites for hydroxylation is 2. The predicted molar refractivity (Wildman–Crippen MR) is 90.6 cm³/mol. The fourth-order valence-corrected chi connectivity index (χ4v) is 3.14. The number of hydrogen-bond acceptors (Lipinski definition) is 3. The number of benzene rings is 1. The number of hydrogen-bond donors (Lipinski definition) is 2. The molecule has 0 radical (unpaired) electrons. The molecular weight excluding hydrogens is 308 g/mol. The van der Waals surface area contributed by atoms with Gasteiger partial charge in [-0.2, -0.15) is 0 Å². The zero-order valence-electron chi connectivity index (χ0n) is 13.7.